The van der Waals surface area contributed by atoms with E-state index in [4.69, 9.17) is 10.5 Å². The largest absolute Gasteiger partial charge is 0.379 e. The summed E-state index contributed by atoms with van der Waals surface area (Å²) in [6.45, 7) is 7.79. The predicted molar refractivity (Wildman–Crippen MR) is 64.0 cm³/mol. The van der Waals surface area contributed by atoms with Gasteiger partial charge in [-0.3, -0.25) is 4.79 Å². The molecule has 1 aliphatic rings. The smallest absolute Gasteiger partial charge is 0.221 e. The molecule has 2 atom stereocenters. The summed E-state index contributed by atoms with van der Waals surface area (Å²) < 4.78 is 5.20. The molecule has 0 aliphatic carbocycles. The molecule has 94 valence electrons. The second-order valence-electron chi connectivity index (χ2n) is 5.86. The normalized spacial score (nSPS) is 23.1. The van der Waals surface area contributed by atoms with Crippen LogP contribution in [-0.4, -0.2) is 31.2 Å². The van der Waals surface area contributed by atoms with E-state index in [-0.39, 0.29) is 23.4 Å². The van der Waals surface area contributed by atoms with Crippen LogP contribution in [-0.2, 0) is 9.53 Å². The molecule has 0 aromatic heterocycles. The Morgan fingerprint density at radius 1 is 1.56 bits per heavy atom. The van der Waals surface area contributed by atoms with Crippen molar-refractivity contribution in [2.75, 3.05) is 13.2 Å². The van der Waals surface area contributed by atoms with Crippen LogP contribution in [0.3, 0.4) is 0 Å². The van der Waals surface area contributed by atoms with Gasteiger partial charge in [0.15, 0.2) is 0 Å². The van der Waals surface area contributed by atoms with Crippen LogP contribution in [0.5, 0.6) is 0 Å². The number of carbonyl (C=O) groups is 1. The van der Waals surface area contributed by atoms with Crippen molar-refractivity contribution in [2.24, 2.45) is 11.1 Å². The molecule has 4 nitrogen and oxygen atoms in total. The number of hydrogen-bond donors (Lipinski definition) is 2. The van der Waals surface area contributed by atoms with Crippen LogP contribution in [0.1, 0.15) is 40.0 Å². The van der Waals surface area contributed by atoms with E-state index in [1.165, 1.54) is 0 Å². The summed E-state index contributed by atoms with van der Waals surface area (Å²) in [5.74, 6) is 0.0484. The maximum Gasteiger partial charge on any atom is 0.221 e. The van der Waals surface area contributed by atoms with E-state index in [0.717, 1.165) is 19.4 Å². The minimum Gasteiger partial charge on any atom is -0.379 e. The van der Waals surface area contributed by atoms with Gasteiger partial charge >= 0.3 is 0 Å². The van der Waals surface area contributed by atoms with Gasteiger partial charge in [-0.05, 0) is 18.3 Å². The molecule has 4 heteroatoms. The molecule has 1 aliphatic heterocycles. The number of amides is 1. The van der Waals surface area contributed by atoms with E-state index in [9.17, 15) is 4.79 Å². The number of hydrogen-bond acceptors (Lipinski definition) is 3. The van der Waals surface area contributed by atoms with Gasteiger partial charge in [0.25, 0.3) is 0 Å². The molecule has 16 heavy (non-hydrogen) atoms. The van der Waals surface area contributed by atoms with Gasteiger partial charge in [-0.1, -0.05) is 20.8 Å². The number of nitrogens with two attached hydrogens (primary N) is 1. The summed E-state index contributed by atoms with van der Waals surface area (Å²) in [5, 5.41) is 2.95. The predicted octanol–water partition coefficient (Wildman–Crippen LogP) is 1.05. The molecule has 0 spiro atoms. The van der Waals surface area contributed by atoms with Crippen molar-refractivity contribution >= 4 is 5.91 Å². The Balaban J connectivity index is 2.22. The van der Waals surface area contributed by atoms with Crippen LogP contribution < -0.4 is 11.1 Å². The molecule has 0 aromatic rings. The van der Waals surface area contributed by atoms with Crippen LogP contribution in [0.15, 0.2) is 0 Å². The minimum atomic E-state index is -0.0534. The van der Waals surface area contributed by atoms with Crippen LogP contribution in [0.4, 0.5) is 0 Å². The third kappa shape index (κ3) is 5.47. The highest BCUT2D eigenvalue weighted by Crippen LogP contribution is 2.21. The van der Waals surface area contributed by atoms with E-state index >= 15 is 0 Å². The van der Waals surface area contributed by atoms with Gasteiger partial charge in [-0.25, -0.2) is 0 Å². The topological polar surface area (TPSA) is 64.4 Å². The molecule has 0 bridgehead atoms. The van der Waals surface area contributed by atoms with Gasteiger partial charge in [-0.15, -0.1) is 0 Å². The highest BCUT2D eigenvalue weighted by Gasteiger charge is 2.21. The molecular weight excluding hydrogens is 204 g/mol. The van der Waals surface area contributed by atoms with Crippen molar-refractivity contribution in [3.05, 3.63) is 0 Å². The van der Waals surface area contributed by atoms with Crippen molar-refractivity contribution in [2.45, 2.75) is 52.1 Å². The average molecular weight is 228 g/mol. The van der Waals surface area contributed by atoms with Gasteiger partial charge in [0.2, 0.25) is 5.91 Å². The SMILES string of the molecule is CC(C)(C)CC(N)CC(=O)NC1CCOC1. The molecule has 0 saturated carbocycles. The quantitative estimate of drug-likeness (QED) is 0.756. The molecule has 1 amide bonds. The first-order chi connectivity index (χ1) is 7.37. The van der Waals surface area contributed by atoms with E-state index in [1.54, 1.807) is 0 Å². The van der Waals surface area contributed by atoms with Crippen molar-refractivity contribution in [1.82, 2.24) is 5.32 Å². The highest BCUT2D eigenvalue weighted by atomic mass is 16.5. The first-order valence-corrected chi connectivity index (χ1v) is 5.99. The highest BCUT2D eigenvalue weighted by molar-refractivity contribution is 5.76. The Kier molecular flexibility index (Phi) is 4.74. The van der Waals surface area contributed by atoms with Crippen LogP contribution in [0.25, 0.3) is 0 Å². The Morgan fingerprint density at radius 2 is 2.25 bits per heavy atom. The zero-order chi connectivity index (χ0) is 12.2. The zero-order valence-electron chi connectivity index (χ0n) is 10.6. The molecule has 0 radical (unpaired) electrons. The van der Waals surface area contributed by atoms with Gasteiger partial charge < -0.3 is 15.8 Å². The summed E-state index contributed by atoms with van der Waals surface area (Å²) in [7, 11) is 0. The number of nitrogens with one attached hydrogen (secondary N) is 1. The monoisotopic (exact) mass is 228 g/mol. The third-order valence-corrected chi connectivity index (χ3v) is 2.62. The van der Waals surface area contributed by atoms with Gasteiger partial charge in [0.05, 0.1) is 12.6 Å². The summed E-state index contributed by atoms with van der Waals surface area (Å²) in [5.41, 5.74) is 6.12. The second-order valence-corrected chi connectivity index (χ2v) is 5.86. The summed E-state index contributed by atoms with van der Waals surface area (Å²) in [6.07, 6.45) is 2.19. The molecule has 1 saturated heterocycles. The lowest BCUT2D eigenvalue weighted by molar-refractivity contribution is -0.122. The zero-order valence-corrected chi connectivity index (χ0v) is 10.6. The molecule has 3 N–H and O–H groups in total. The minimum absolute atomic E-state index is 0.0484. The Hall–Kier alpha value is -0.610. The van der Waals surface area contributed by atoms with E-state index in [2.05, 4.69) is 26.1 Å². The lowest BCUT2D eigenvalue weighted by Crippen LogP contribution is -2.39. The van der Waals surface area contributed by atoms with E-state index < -0.39 is 0 Å². The van der Waals surface area contributed by atoms with E-state index in [1.807, 2.05) is 0 Å². The van der Waals surface area contributed by atoms with Crippen molar-refractivity contribution in [3.8, 4) is 0 Å². The van der Waals surface area contributed by atoms with Crippen LogP contribution in [0.2, 0.25) is 0 Å². The number of carbonyl (C=O) groups excluding carboxylic acids is 1. The fourth-order valence-electron chi connectivity index (χ4n) is 2.03. The first kappa shape index (κ1) is 13.5. The third-order valence-electron chi connectivity index (χ3n) is 2.62. The van der Waals surface area contributed by atoms with Crippen molar-refractivity contribution in [1.29, 1.82) is 0 Å². The molecule has 2 unspecified atom stereocenters. The molecule has 1 rings (SSSR count). The first-order valence-electron chi connectivity index (χ1n) is 5.99. The fraction of sp³-hybridized carbons (Fsp3) is 0.917. The maximum absolute atomic E-state index is 11.6. The molecular formula is C12H24N2O2. The fourth-order valence-corrected chi connectivity index (χ4v) is 2.03. The molecule has 0 aromatic carbocycles. The lowest BCUT2D eigenvalue weighted by Gasteiger charge is -2.23. The lowest BCUT2D eigenvalue weighted by atomic mass is 9.87. The number of ether oxygens (including phenoxy) is 1. The van der Waals surface area contributed by atoms with Gasteiger partial charge in [-0.2, -0.15) is 0 Å². The number of rotatable bonds is 4. The Morgan fingerprint density at radius 3 is 2.75 bits per heavy atom. The second kappa shape index (κ2) is 5.64. The molecule has 1 fully saturated rings. The van der Waals surface area contributed by atoms with Gasteiger partial charge in [0.1, 0.15) is 0 Å². The summed E-state index contributed by atoms with van der Waals surface area (Å²) in [6, 6.07) is 0.136. The average Bonchev–Trinajstić information content (AvgIpc) is 2.51. The van der Waals surface area contributed by atoms with Crippen LogP contribution >= 0.6 is 0 Å². The van der Waals surface area contributed by atoms with Gasteiger partial charge in [0, 0.05) is 19.1 Å². The summed E-state index contributed by atoms with van der Waals surface area (Å²) in [4.78, 5) is 11.6. The Bertz CT molecular complexity index is 230. The van der Waals surface area contributed by atoms with Crippen LogP contribution in [0, 0.1) is 5.41 Å². The summed E-state index contributed by atoms with van der Waals surface area (Å²) >= 11 is 0. The maximum atomic E-state index is 11.6. The standard InChI is InChI=1S/C12H24N2O2/c1-12(2,3)7-9(13)6-11(15)14-10-4-5-16-8-10/h9-10H,4-8,13H2,1-3H3,(H,14,15). The van der Waals surface area contributed by atoms with Crippen molar-refractivity contribution in [3.63, 3.8) is 0 Å². The molecule has 1 heterocycles. The van der Waals surface area contributed by atoms with E-state index in [0.29, 0.717) is 13.0 Å². The van der Waals surface area contributed by atoms with Crippen molar-refractivity contribution < 1.29 is 9.53 Å². The Labute approximate surface area is 97.9 Å².